The van der Waals surface area contributed by atoms with Crippen molar-refractivity contribution in [3.63, 3.8) is 0 Å². The average molecular weight is 340 g/mol. The lowest BCUT2D eigenvalue weighted by Gasteiger charge is -2.13. The van der Waals surface area contributed by atoms with Crippen LogP contribution in [0.2, 0.25) is 0 Å². The van der Waals surface area contributed by atoms with E-state index in [1.54, 1.807) is 0 Å². The zero-order valence-corrected chi connectivity index (χ0v) is 15.7. The summed E-state index contributed by atoms with van der Waals surface area (Å²) in [6.07, 6.45) is 4.24. The number of hydrogen-bond acceptors (Lipinski definition) is 1. The van der Waals surface area contributed by atoms with E-state index in [-0.39, 0.29) is 0 Å². The normalized spacial score (nSPS) is 17.7. The van der Waals surface area contributed by atoms with Crippen LogP contribution in [-0.4, -0.2) is 6.10 Å². The van der Waals surface area contributed by atoms with Crippen molar-refractivity contribution in [1.82, 2.24) is 0 Å². The summed E-state index contributed by atoms with van der Waals surface area (Å²) in [5, 5.41) is 0. The van der Waals surface area contributed by atoms with Crippen LogP contribution in [-0.2, 0) is 11.2 Å². The Balaban J connectivity index is 0.000000388. The van der Waals surface area contributed by atoms with Crippen molar-refractivity contribution >= 4 is 5.76 Å². The van der Waals surface area contributed by atoms with E-state index >= 15 is 0 Å². The molecule has 2 heteroatoms. The van der Waals surface area contributed by atoms with E-state index in [0.717, 1.165) is 42.2 Å². The van der Waals surface area contributed by atoms with Crippen molar-refractivity contribution in [3.8, 4) is 0 Å². The predicted octanol–water partition coefficient (Wildman–Crippen LogP) is 6.95. The first-order valence-electron chi connectivity index (χ1n) is 8.80. The molecule has 1 aromatic carbocycles. The summed E-state index contributed by atoms with van der Waals surface area (Å²) in [5.41, 5.74) is 5.98. The molecular weight excluding hydrogens is 311 g/mol. The van der Waals surface area contributed by atoms with Gasteiger partial charge in [0.05, 0.1) is 0 Å². The zero-order chi connectivity index (χ0) is 19.0. The molecule has 1 unspecified atom stereocenters. The minimum atomic E-state index is -0.481. The minimum Gasteiger partial charge on any atom is -0.489 e. The number of benzene rings is 1. The molecule has 1 nitrogen and oxygen atoms in total. The van der Waals surface area contributed by atoms with E-state index in [2.05, 4.69) is 57.5 Å². The second-order valence-electron chi connectivity index (χ2n) is 5.73. The fourth-order valence-corrected chi connectivity index (χ4v) is 2.76. The monoisotopic (exact) mass is 340 g/mol. The molecule has 1 aliphatic heterocycles. The largest absolute Gasteiger partial charge is 0.489 e. The molecule has 0 aromatic heterocycles. The molecule has 1 atom stereocenters. The number of ether oxygens (including phenoxy) is 1. The van der Waals surface area contributed by atoms with Crippen molar-refractivity contribution in [2.24, 2.45) is 0 Å². The smallest absolute Gasteiger partial charge is 0.131 e. The van der Waals surface area contributed by atoms with E-state index in [9.17, 15) is 4.39 Å². The van der Waals surface area contributed by atoms with Gasteiger partial charge in [-0.2, -0.15) is 0 Å². The van der Waals surface area contributed by atoms with Gasteiger partial charge < -0.3 is 4.74 Å². The number of rotatable bonds is 2. The number of fused-ring (bicyclic) bond motifs is 2. The van der Waals surface area contributed by atoms with E-state index in [1.807, 2.05) is 13.8 Å². The standard InChI is InChI=1S/C17H18O.C4H5F.C2H6/c1-4-14-10-16-12(3)11(2)9-13-7-5-6-8-15(13)17(16)18-14;1-3-4(2)5;1-2/h5-8,14H,2-4,9-10H2,1H3;3H,1-2H2;1-2H3. The Hall–Kier alpha value is -2.35. The van der Waals surface area contributed by atoms with Crippen LogP contribution < -0.4 is 0 Å². The first-order valence-corrected chi connectivity index (χ1v) is 8.80. The second-order valence-corrected chi connectivity index (χ2v) is 5.73. The van der Waals surface area contributed by atoms with E-state index in [1.165, 1.54) is 16.7 Å². The highest BCUT2D eigenvalue weighted by Crippen LogP contribution is 2.43. The highest BCUT2D eigenvalue weighted by molar-refractivity contribution is 5.76. The minimum absolute atomic E-state index is 0.297. The third-order valence-electron chi connectivity index (χ3n) is 4.12. The zero-order valence-electron chi connectivity index (χ0n) is 15.7. The van der Waals surface area contributed by atoms with Crippen molar-refractivity contribution in [2.75, 3.05) is 0 Å². The Bertz CT molecular complexity index is 694. The third kappa shape index (κ3) is 5.06. The molecule has 0 amide bonds. The van der Waals surface area contributed by atoms with Gasteiger partial charge in [0.25, 0.3) is 0 Å². The summed E-state index contributed by atoms with van der Waals surface area (Å²) in [6, 6.07) is 8.45. The summed E-state index contributed by atoms with van der Waals surface area (Å²) in [7, 11) is 0. The highest BCUT2D eigenvalue weighted by Gasteiger charge is 2.31. The van der Waals surface area contributed by atoms with Crippen LogP contribution in [0.1, 0.15) is 44.7 Å². The molecule has 0 saturated heterocycles. The first-order chi connectivity index (χ1) is 12.0. The molecule has 134 valence electrons. The predicted molar refractivity (Wildman–Crippen MR) is 107 cm³/mol. The molecule has 25 heavy (non-hydrogen) atoms. The Labute approximate surface area is 151 Å². The fourth-order valence-electron chi connectivity index (χ4n) is 2.76. The molecule has 0 fully saturated rings. The Kier molecular flexibility index (Phi) is 8.13. The van der Waals surface area contributed by atoms with Gasteiger partial charge >= 0.3 is 0 Å². The van der Waals surface area contributed by atoms with Gasteiger partial charge in [0, 0.05) is 17.6 Å². The molecule has 0 bridgehead atoms. The van der Waals surface area contributed by atoms with Crippen molar-refractivity contribution in [2.45, 2.75) is 46.1 Å². The molecule has 3 rings (SSSR count). The molecule has 1 aliphatic carbocycles. The van der Waals surface area contributed by atoms with Crippen LogP contribution in [0.5, 0.6) is 0 Å². The van der Waals surface area contributed by atoms with E-state index < -0.39 is 5.83 Å². The van der Waals surface area contributed by atoms with Crippen LogP contribution in [0.25, 0.3) is 5.76 Å². The van der Waals surface area contributed by atoms with Gasteiger partial charge in [0.1, 0.15) is 17.7 Å². The lowest BCUT2D eigenvalue weighted by Crippen LogP contribution is -2.05. The summed E-state index contributed by atoms with van der Waals surface area (Å²) in [4.78, 5) is 0. The fraction of sp³-hybridized carbons (Fsp3) is 0.304. The molecule has 0 saturated carbocycles. The van der Waals surface area contributed by atoms with Crippen molar-refractivity contribution < 1.29 is 9.13 Å². The maximum atomic E-state index is 11.1. The average Bonchev–Trinajstić information content (AvgIpc) is 3.04. The lowest BCUT2D eigenvalue weighted by molar-refractivity contribution is 0.186. The maximum Gasteiger partial charge on any atom is 0.131 e. The number of allylic oxidation sites excluding steroid dienone is 4. The van der Waals surface area contributed by atoms with Gasteiger partial charge in [-0.25, -0.2) is 4.39 Å². The van der Waals surface area contributed by atoms with Crippen molar-refractivity contribution in [1.29, 1.82) is 0 Å². The molecule has 1 aromatic rings. The van der Waals surface area contributed by atoms with Gasteiger partial charge in [-0.3, -0.25) is 0 Å². The Morgan fingerprint density at radius 1 is 1.28 bits per heavy atom. The van der Waals surface area contributed by atoms with Crippen LogP contribution in [0.4, 0.5) is 4.39 Å². The second kappa shape index (κ2) is 9.83. The van der Waals surface area contributed by atoms with Crippen LogP contribution in [0.15, 0.2) is 79.2 Å². The number of halogens is 1. The quantitative estimate of drug-likeness (QED) is 0.529. The van der Waals surface area contributed by atoms with Gasteiger partial charge in [-0.05, 0) is 35.6 Å². The van der Waals surface area contributed by atoms with Gasteiger partial charge in [-0.1, -0.05) is 71.4 Å². The van der Waals surface area contributed by atoms with Gasteiger partial charge in [0.15, 0.2) is 0 Å². The Morgan fingerprint density at radius 3 is 2.44 bits per heavy atom. The SMILES string of the molecule is C=C1Cc2ccccc2C2=C(CC(CC)O2)C1=C.C=CC(=C)F.CC. The van der Waals surface area contributed by atoms with Crippen LogP contribution in [0.3, 0.4) is 0 Å². The first kappa shape index (κ1) is 20.7. The molecule has 0 spiro atoms. The Morgan fingerprint density at radius 2 is 1.88 bits per heavy atom. The van der Waals surface area contributed by atoms with Crippen molar-refractivity contribution in [3.05, 3.63) is 90.3 Å². The topological polar surface area (TPSA) is 9.23 Å². The summed E-state index contributed by atoms with van der Waals surface area (Å²) >= 11 is 0. The summed E-state index contributed by atoms with van der Waals surface area (Å²) < 4.78 is 17.2. The molecule has 1 heterocycles. The third-order valence-corrected chi connectivity index (χ3v) is 4.12. The van der Waals surface area contributed by atoms with Gasteiger partial charge in [-0.15, -0.1) is 0 Å². The van der Waals surface area contributed by atoms with Crippen LogP contribution in [0, 0.1) is 0 Å². The van der Waals surface area contributed by atoms with Gasteiger partial charge in [0.2, 0.25) is 0 Å². The molecule has 2 aliphatic rings. The highest BCUT2D eigenvalue weighted by atomic mass is 19.1. The van der Waals surface area contributed by atoms with E-state index in [0.29, 0.717) is 6.10 Å². The maximum absolute atomic E-state index is 11.1. The van der Waals surface area contributed by atoms with Crippen LogP contribution >= 0.6 is 0 Å². The summed E-state index contributed by atoms with van der Waals surface area (Å²) in [5.74, 6) is 0.561. The molecule has 0 N–H and O–H groups in total. The summed E-state index contributed by atoms with van der Waals surface area (Å²) in [6.45, 7) is 20.5. The number of hydrogen-bond donors (Lipinski definition) is 0. The molecular formula is C23H29FO. The molecule has 0 radical (unpaired) electrons. The van der Waals surface area contributed by atoms with E-state index in [4.69, 9.17) is 4.74 Å². The lowest BCUT2D eigenvalue weighted by atomic mass is 9.95.